The fraction of sp³-hybridized carbons (Fsp3) is 0.280. The molecule has 3 heterocycles. The van der Waals surface area contributed by atoms with Crippen molar-refractivity contribution in [2.45, 2.75) is 44.3 Å². The number of carbonyl (C=O) groups is 1. The first-order valence-electron chi connectivity index (χ1n) is 11.3. The molecule has 0 saturated carbocycles. The maximum atomic E-state index is 13.3. The lowest BCUT2D eigenvalue weighted by Crippen LogP contribution is -2.20. The minimum Gasteiger partial charge on any atom is -0.325 e. The lowest BCUT2D eigenvalue weighted by molar-refractivity contribution is -0.113. The Morgan fingerprint density at radius 3 is 2.79 bits per heavy atom. The number of amides is 1. The fourth-order valence-corrected chi connectivity index (χ4v) is 5.27. The van der Waals surface area contributed by atoms with Crippen molar-refractivity contribution in [1.82, 2.24) is 19.3 Å². The van der Waals surface area contributed by atoms with Crippen molar-refractivity contribution in [1.29, 1.82) is 0 Å². The zero-order valence-corrected chi connectivity index (χ0v) is 20.3. The Balaban J connectivity index is 1.48. The number of nitrogens with one attached hydrogen (secondary N) is 1. The topological polar surface area (TPSA) is 81.8 Å². The van der Waals surface area contributed by atoms with E-state index in [4.69, 9.17) is 16.6 Å². The Hall–Kier alpha value is -3.10. The second kappa shape index (κ2) is 9.64. The van der Waals surface area contributed by atoms with E-state index >= 15 is 0 Å². The summed E-state index contributed by atoms with van der Waals surface area (Å²) in [6.45, 7) is 2.69. The minimum atomic E-state index is -0.148. The molecule has 0 aliphatic carbocycles. The molecule has 5 rings (SSSR count). The van der Waals surface area contributed by atoms with E-state index in [1.54, 1.807) is 12.1 Å². The first-order chi connectivity index (χ1) is 16.5. The predicted molar refractivity (Wildman–Crippen MR) is 135 cm³/mol. The maximum Gasteiger partial charge on any atom is 0.284 e. The number of aromatic nitrogens is 4. The summed E-state index contributed by atoms with van der Waals surface area (Å²) in [6, 6.07) is 14.8. The molecule has 174 valence electrons. The number of anilines is 1. The van der Waals surface area contributed by atoms with Gasteiger partial charge in [-0.25, -0.2) is 4.98 Å². The van der Waals surface area contributed by atoms with Gasteiger partial charge in [0.15, 0.2) is 11.0 Å². The van der Waals surface area contributed by atoms with Gasteiger partial charge in [-0.3, -0.25) is 9.59 Å². The maximum absolute atomic E-state index is 13.3. The molecule has 0 saturated heterocycles. The first-order valence-corrected chi connectivity index (χ1v) is 12.6. The molecule has 0 bridgehead atoms. The second-order valence-corrected chi connectivity index (χ2v) is 9.73. The SMILES string of the molecule is Cc1ccc(Cl)cc1NC(=O)CSc1nc2nn(-c3ccccc3)c(=O)c-2c2n1CCCCC2. The van der Waals surface area contributed by atoms with E-state index in [2.05, 4.69) is 15.0 Å². The van der Waals surface area contributed by atoms with Gasteiger partial charge in [0.1, 0.15) is 5.56 Å². The quantitative estimate of drug-likeness (QED) is 0.314. The van der Waals surface area contributed by atoms with E-state index in [1.165, 1.54) is 16.4 Å². The van der Waals surface area contributed by atoms with E-state index in [-0.39, 0.29) is 17.2 Å². The molecule has 0 fully saturated rings. The Labute approximate surface area is 206 Å². The third-order valence-corrected chi connectivity index (χ3v) is 7.19. The van der Waals surface area contributed by atoms with Crippen LogP contribution in [0.1, 0.15) is 30.5 Å². The van der Waals surface area contributed by atoms with Gasteiger partial charge in [0.2, 0.25) is 5.91 Å². The molecule has 0 unspecified atom stereocenters. The van der Waals surface area contributed by atoms with Gasteiger partial charge in [0.25, 0.3) is 5.56 Å². The van der Waals surface area contributed by atoms with Crippen LogP contribution < -0.4 is 10.9 Å². The molecule has 7 nitrogen and oxygen atoms in total. The fourth-order valence-electron chi connectivity index (χ4n) is 4.25. The standard InChI is InChI=1S/C25H24ClN5O2S/c1-16-11-12-17(26)14-19(16)27-21(32)15-34-25-28-23-22(20-10-6-3-7-13-30(20)25)24(33)31(29-23)18-8-4-2-5-9-18/h2,4-5,8-9,11-12,14H,3,6-7,10,13,15H2,1H3,(H,27,32). The third-order valence-electron chi connectivity index (χ3n) is 5.97. The van der Waals surface area contributed by atoms with Crippen LogP contribution >= 0.6 is 23.4 Å². The van der Waals surface area contributed by atoms with E-state index in [1.807, 2.05) is 43.3 Å². The number of halogens is 1. The summed E-state index contributed by atoms with van der Waals surface area (Å²) in [5.74, 6) is 0.475. The normalized spacial score (nSPS) is 13.5. The Kier molecular flexibility index (Phi) is 6.43. The smallest absolute Gasteiger partial charge is 0.284 e. The van der Waals surface area contributed by atoms with Gasteiger partial charge in [-0.15, -0.1) is 5.10 Å². The van der Waals surface area contributed by atoms with E-state index in [0.29, 0.717) is 32.9 Å². The van der Waals surface area contributed by atoms with Crippen molar-refractivity contribution in [2.24, 2.45) is 0 Å². The van der Waals surface area contributed by atoms with Gasteiger partial charge < -0.3 is 9.88 Å². The van der Waals surface area contributed by atoms with Crippen LogP contribution in [-0.2, 0) is 17.8 Å². The van der Waals surface area contributed by atoms with Crippen LogP contribution in [0.4, 0.5) is 5.69 Å². The Morgan fingerprint density at radius 1 is 1.15 bits per heavy atom. The van der Waals surface area contributed by atoms with Gasteiger partial charge in [0.05, 0.1) is 11.4 Å². The summed E-state index contributed by atoms with van der Waals surface area (Å²) in [7, 11) is 0. The van der Waals surface area contributed by atoms with E-state index in [9.17, 15) is 9.59 Å². The highest BCUT2D eigenvalue weighted by atomic mass is 35.5. The molecular weight excluding hydrogens is 470 g/mol. The molecule has 0 radical (unpaired) electrons. The summed E-state index contributed by atoms with van der Waals surface area (Å²) in [4.78, 5) is 30.8. The summed E-state index contributed by atoms with van der Waals surface area (Å²) in [6.07, 6.45) is 3.89. The molecule has 2 aromatic rings. The van der Waals surface area contributed by atoms with Crippen molar-refractivity contribution in [3.05, 3.63) is 75.2 Å². The second-order valence-electron chi connectivity index (χ2n) is 8.35. The van der Waals surface area contributed by atoms with Crippen molar-refractivity contribution in [3.63, 3.8) is 0 Å². The van der Waals surface area contributed by atoms with Crippen LogP contribution in [0.25, 0.3) is 17.1 Å². The lowest BCUT2D eigenvalue weighted by atomic mass is 10.1. The van der Waals surface area contributed by atoms with Crippen molar-refractivity contribution in [3.8, 4) is 17.1 Å². The Morgan fingerprint density at radius 2 is 1.97 bits per heavy atom. The molecular formula is C25H24ClN5O2S. The van der Waals surface area contributed by atoms with Gasteiger partial charge in [-0.05, 0) is 56.0 Å². The Bertz CT molecular complexity index is 1380. The molecule has 34 heavy (non-hydrogen) atoms. The molecule has 0 atom stereocenters. The van der Waals surface area contributed by atoms with Gasteiger partial charge in [-0.1, -0.05) is 54.0 Å². The number of fused-ring (bicyclic) bond motifs is 3. The average molecular weight is 494 g/mol. The molecule has 0 aromatic heterocycles. The number of hydrogen-bond donors (Lipinski definition) is 1. The summed E-state index contributed by atoms with van der Waals surface area (Å²) < 4.78 is 3.53. The summed E-state index contributed by atoms with van der Waals surface area (Å²) >= 11 is 7.44. The van der Waals surface area contributed by atoms with Gasteiger partial charge >= 0.3 is 0 Å². The predicted octanol–water partition coefficient (Wildman–Crippen LogP) is 4.95. The number of hydrogen-bond acceptors (Lipinski definition) is 5. The van der Waals surface area contributed by atoms with Crippen LogP contribution in [0, 0.1) is 6.92 Å². The van der Waals surface area contributed by atoms with Gasteiger partial charge in [-0.2, -0.15) is 4.68 Å². The molecule has 0 spiro atoms. The van der Waals surface area contributed by atoms with Crippen LogP contribution in [0.2, 0.25) is 5.02 Å². The van der Waals surface area contributed by atoms with E-state index < -0.39 is 0 Å². The first kappa shape index (κ1) is 22.7. The van der Waals surface area contributed by atoms with E-state index in [0.717, 1.165) is 43.5 Å². The van der Waals surface area contributed by atoms with Crippen molar-refractivity contribution in [2.75, 3.05) is 11.1 Å². The van der Waals surface area contributed by atoms with Crippen LogP contribution in [-0.4, -0.2) is 31.0 Å². The third kappa shape index (κ3) is 4.48. The summed E-state index contributed by atoms with van der Waals surface area (Å²) in [5, 5.41) is 8.77. The number of carbonyl (C=O) groups excluding carboxylic acids is 1. The zero-order chi connectivity index (χ0) is 23.7. The molecule has 9 heteroatoms. The summed E-state index contributed by atoms with van der Waals surface area (Å²) in [5.41, 5.74) is 3.75. The number of para-hydroxylation sites is 1. The lowest BCUT2D eigenvalue weighted by Gasteiger charge is -2.17. The average Bonchev–Trinajstić information content (AvgIpc) is 3.00. The van der Waals surface area contributed by atoms with Crippen LogP contribution in [0.3, 0.4) is 0 Å². The zero-order valence-electron chi connectivity index (χ0n) is 18.8. The molecule has 1 N–H and O–H groups in total. The molecule has 2 aromatic carbocycles. The number of nitrogens with zero attached hydrogens (tertiary/aromatic N) is 4. The highest BCUT2D eigenvalue weighted by molar-refractivity contribution is 7.99. The number of aryl methyl sites for hydroxylation is 1. The minimum absolute atomic E-state index is 0.139. The molecule has 1 amide bonds. The highest BCUT2D eigenvalue weighted by Gasteiger charge is 2.27. The largest absolute Gasteiger partial charge is 0.325 e. The van der Waals surface area contributed by atoms with Gasteiger partial charge in [0, 0.05) is 22.9 Å². The number of thioether (sulfide) groups is 1. The number of rotatable bonds is 5. The molecule has 3 aliphatic heterocycles. The monoisotopic (exact) mass is 493 g/mol. The van der Waals surface area contributed by atoms with Crippen molar-refractivity contribution < 1.29 is 4.79 Å². The van der Waals surface area contributed by atoms with Crippen molar-refractivity contribution >= 4 is 35.0 Å². The highest BCUT2D eigenvalue weighted by Crippen LogP contribution is 2.30. The number of benzene rings is 2. The van der Waals surface area contributed by atoms with Crippen LogP contribution in [0.15, 0.2) is 58.5 Å². The molecule has 3 aliphatic rings. The van der Waals surface area contributed by atoms with Crippen LogP contribution in [0.5, 0.6) is 0 Å².